The van der Waals surface area contributed by atoms with Gasteiger partial charge in [-0.2, -0.15) is 0 Å². The lowest BCUT2D eigenvalue weighted by atomic mass is 10.2. The van der Waals surface area contributed by atoms with Crippen LogP contribution < -0.4 is 4.74 Å². The number of rotatable bonds is 5. The molecule has 0 aliphatic heterocycles. The molecule has 0 amide bonds. The first-order valence-electron chi connectivity index (χ1n) is 5.66. The van der Waals surface area contributed by atoms with Gasteiger partial charge in [0, 0.05) is 17.0 Å². The molecule has 2 aromatic rings. The van der Waals surface area contributed by atoms with Crippen molar-refractivity contribution in [2.75, 3.05) is 0 Å². The molecule has 1 aromatic heterocycles. The van der Waals surface area contributed by atoms with Gasteiger partial charge in [0.05, 0.1) is 11.6 Å². The smallest absolute Gasteiger partial charge is 0.253 e. The first kappa shape index (κ1) is 14.1. The monoisotopic (exact) mass is 302 g/mol. The number of nitrogens with zero attached hydrogens (tertiary/aromatic N) is 2. The van der Waals surface area contributed by atoms with Crippen LogP contribution in [0.4, 0.5) is 0 Å². The minimum atomic E-state index is -0.223. The fraction of sp³-hybridized carbons (Fsp3) is 0.333. The van der Waals surface area contributed by atoms with Crippen LogP contribution in [-0.2, 0) is 19.6 Å². The second-order valence-electron chi connectivity index (χ2n) is 3.77. The van der Waals surface area contributed by atoms with Crippen molar-refractivity contribution in [1.29, 1.82) is 0 Å². The third-order valence-electron chi connectivity index (χ3n) is 2.41. The quantitative estimate of drug-likeness (QED) is 0.919. The lowest BCUT2D eigenvalue weighted by Crippen LogP contribution is -2.00. The molecular formula is C12H12Cl2N2O3. The first-order chi connectivity index (χ1) is 9.13. The molecule has 1 aromatic carbocycles. The average Bonchev–Trinajstić information content (AvgIpc) is 2.84. The maximum atomic E-state index is 9.26. The van der Waals surface area contributed by atoms with Crippen LogP contribution in [0.25, 0.3) is 0 Å². The number of benzene rings is 1. The predicted molar refractivity (Wildman–Crippen MR) is 70.4 cm³/mol. The second-order valence-corrected chi connectivity index (χ2v) is 4.61. The molecule has 19 heavy (non-hydrogen) atoms. The summed E-state index contributed by atoms with van der Waals surface area (Å²) in [5.74, 6) is 1.26. The number of aromatic nitrogens is 2. The Morgan fingerprint density at radius 1 is 1.26 bits per heavy atom. The molecule has 0 aliphatic rings. The van der Waals surface area contributed by atoms with Crippen LogP contribution in [-0.4, -0.2) is 15.3 Å². The van der Waals surface area contributed by atoms with E-state index in [2.05, 4.69) is 10.2 Å². The van der Waals surface area contributed by atoms with E-state index in [9.17, 15) is 5.11 Å². The van der Waals surface area contributed by atoms with Crippen molar-refractivity contribution in [3.63, 3.8) is 0 Å². The largest absolute Gasteiger partial charge is 0.482 e. The third-order valence-corrected chi connectivity index (χ3v) is 2.91. The maximum absolute atomic E-state index is 9.26. The highest BCUT2D eigenvalue weighted by Gasteiger charge is 2.12. The van der Waals surface area contributed by atoms with Gasteiger partial charge in [-0.15, -0.1) is 10.2 Å². The Balaban J connectivity index is 2.14. The van der Waals surface area contributed by atoms with E-state index in [1.807, 2.05) is 6.92 Å². The van der Waals surface area contributed by atoms with E-state index in [1.54, 1.807) is 12.1 Å². The Labute approximate surface area is 120 Å². The van der Waals surface area contributed by atoms with Crippen LogP contribution in [0, 0.1) is 0 Å². The molecule has 1 heterocycles. The van der Waals surface area contributed by atoms with Gasteiger partial charge in [-0.05, 0) is 12.1 Å². The van der Waals surface area contributed by atoms with Gasteiger partial charge in [0.2, 0.25) is 5.89 Å². The highest BCUT2D eigenvalue weighted by molar-refractivity contribution is 6.35. The van der Waals surface area contributed by atoms with Crippen molar-refractivity contribution in [3.05, 3.63) is 39.5 Å². The van der Waals surface area contributed by atoms with E-state index in [1.165, 1.54) is 0 Å². The van der Waals surface area contributed by atoms with Crippen molar-refractivity contribution in [2.24, 2.45) is 0 Å². The zero-order chi connectivity index (χ0) is 13.8. The van der Waals surface area contributed by atoms with Gasteiger partial charge in [0.15, 0.2) is 6.61 Å². The fourth-order valence-corrected chi connectivity index (χ4v) is 2.11. The molecule has 5 nitrogen and oxygen atoms in total. The van der Waals surface area contributed by atoms with Gasteiger partial charge in [0.25, 0.3) is 5.89 Å². The summed E-state index contributed by atoms with van der Waals surface area (Å²) in [5.41, 5.74) is 0.507. The van der Waals surface area contributed by atoms with Gasteiger partial charge < -0.3 is 14.3 Å². The standard InChI is InChI=1S/C12H12Cl2N2O3/c1-2-10-15-16-11(19-10)6-18-12-7(5-17)3-8(13)4-9(12)14/h3-4,17H,2,5-6H2,1H3. The van der Waals surface area contributed by atoms with Crippen LogP contribution in [0.1, 0.15) is 24.3 Å². The summed E-state index contributed by atoms with van der Waals surface area (Å²) in [4.78, 5) is 0. The average molecular weight is 303 g/mol. The van der Waals surface area contributed by atoms with Gasteiger partial charge in [-0.25, -0.2) is 0 Å². The Bertz CT molecular complexity index is 572. The first-order valence-corrected chi connectivity index (χ1v) is 6.42. The normalized spacial score (nSPS) is 10.7. The number of hydrogen-bond donors (Lipinski definition) is 1. The van der Waals surface area contributed by atoms with Crippen LogP contribution in [0.5, 0.6) is 5.75 Å². The van der Waals surface area contributed by atoms with E-state index in [4.69, 9.17) is 32.4 Å². The Hall–Kier alpha value is -1.30. The van der Waals surface area contributed by atoms with Crippen LogP contribution >= 0.6 is 23.2 Å². The predicted octanol–water partition coefficient (Wildman–Crippen LogP) is 3.01. The Morgan fingerprint density at radius 3 is 2.63 bits per heavy atom. The molecule has 2 rings (SSSR count). The molecule has 0 atom stereocenters. The second kappa shape index (κ2) is 6.23. The van der Waals surface area contributed by atoms with Gasteiger partial charge in [-0.3, -0.25) is 0 Å². The summed E-state index contributed by atoms with van der Waals surface area (Å²) in [6.45, 7) is 1.78. The summed E-state index contributed by atoms with van der Waals surface area (Å²) in [7, 11) is 0. The molecular weight excluding hydrogens is 291 g/mol. The van der Waals surface area contributed by atoms with Gasteiger partial charge >= 0.3 is 0 Å². The van der Waals surface area contributed by atoms with Crippen molar-refractivity contribution in [2.45, 2.75) is 26.6 Å². The molecule has 0 saturated carbocycles. The van der Waals surface area contributed by atoms with Gasteiger partial charge in [-0.1, -0.05) is 30.1 Å². The number of ether oxygens (including phenoxy) is 1. The highest BCUT2D eigenvalue weighted by Crippen LogP contribution is 2.33. The van der Waals surface area contributed by atoms with E-state index >= 15 is 0 Å². The third kappa shape index (κ3) is 3.37. The number of aryl methyl sites for hydroxylation is 1. The van der Waals surface area contributed by atoms with Crippen LogP contribution in [0.15, 0.2) is 16.5 Å². The summed E-state index contributed by atoms with van der Waals surface area (Å²) >= 11 is 11.9. The Kier molecular flexibility index (Phi) is 4.63. The zero-order valence-corrected chi connectivity index (χ0v) is 11.7. The van der Waals surface area contributed by atoms with E-state index in [0.29, 0.717) is 39.6 Å². The van der Waals surface area contributed by atoms with Crippen molar-refractivity contribution >= 4 is 23.2 Å². The molecule has 7 heteroatoms. The highest BCUT2D eigenvalue weighted by atomic mass is 35.5. The van der Waals surface area contributed by atoms with Gasteiger partial charge in [0.1, 0.15) is 5.75 Å². The summed E-state index contributed by atoms with van der Waals surface area (Å²) in [6, 6.07) is 3.14. The summed E-state index contributed by atoms with van der Waals surface area (Å²) < 4.78 is 10.8. The van der Waals surface area contributed by atoms with Crippen molar-refractivity contribution in [3.8, 4) is 5.75 Å². The lowest BCUT2D eigenvalue weighted by Gasteiger charge is -2.10. The van der Waals surface area contributed by atoms with Crippen LogP contribution in [0.3, 0.4) is 0 Å². The van der Waals surface area contributed by atoms with Crippen molar-refractivity contribution < 1.29 is 14.3 Å². The van der Waals surface area contributed by atoms with Crippen LogP contribution in [0.2, 0.25) is 10.0 Å². The molecule has 0 unspecified atom stereocenters. The molecule has 0 saturated heterocycles. The minimum absolute atomic E-state index is 0.0847. The van der Waals surface area contributed by atoms with Crippen molar-refractivity contribution in [1.82, 2.24) is 10.2 Å². The number of aliphatic hydroxyl groups excluding tert-OH is 1. The summed E-state index contributed by atoms with van der Waals surface area (Å²) in [5, 5.41) is 17.7. The fourth-order valence-electron chi connectivity index (χ4n) is 1.52. The molecule has 0 radical (unpaired) electrons. The van der Waals surface area contributed by atoms with E-state index < -0.39 is 0 Å². The van der Waals surface area contributed by atoms with E-state index in [0.717, 1.165) is 0 Å². The topological polar surface area (TPSA) is 68.4 Å². The Morgan fingerprint density at radius 2 is 2.00 bits per heavy atom. The zero-order valence-electron chi connectivity index (χ0n) is 10.2. The molecule has 0 spiro atoms. The molecule has 0 fully saturated rings. The lowest BCUT2D eigenvalue weighted by molar-refractivity contribution is 0.239. The number of halogens is 2. The summed E-state index contributed by atoms with van der Waals surface area (Å²) in [6.07, 6.45) is 0.663. The SMILES string of the molecule is CCc1nnc(COc2c(Cl)cc(Cl)cc2CO)o1. The van der Waals surface area contributed by atoms with E-state index in [-0.39, 0.29) is 13.2 Å². The number of aliphatic hydroxyl groups is 1. The molecule has 0 aliphatic carbocycles. The molecule has 0 bridgehead atoms. The number of hydrogen-bond acceptors (Lipinski definition) is 5. The molecule has 1 N–H and O–H groups in total. The molecule has 102 valence electrons. The maximum Gasteiger partial charge on any atom is 0.253 e. The minimum Gasteiger partial charge on any atom is -0.482 e.